The van der Waals surface area contributed by atoms with Gasteiger partial charge in [-0.2, -0.15) is 0 Å². The molecule has 1 aromatic heterocycles. The first kappa shape index (κ1) is 41.6. The van der Waals surface area contributed by atoms with E-state index in [1.54, 1.807) is 19.1 Å². The fourth-order valence-electron chi connectivity index (χ4n) is 6.78. The van der Waals surface area contributed by atoms with Gasteiger partial charge in [0.05, 0.1) is 23.1 Å². The van der Waals surface area contributed by atoms with E-state index in [-0.39, 0.29) is 35.0 Å². The fraction of sp³-hybridized carbons (Fsp3) is 0.439. The molecule has 1 amide bonds. The van der Waals surface area contributed by atoms with Crippen molar-refractivity contribution in [3.05, 3.63) is 106 Å². The smallest absolute Gasteiger partial charge is 0.316 e. The Morgan fingerprint density at radius 3 is 2.30 bits per heavy atom. The van der Waals surface area contributed by atoms with Crippen molar-refractivity contribution in [2.24, 2.45) is 5.41 Å². The Hall–Kier alpha value is -3.61. The maximum absolute atomic E-state index is 12.6. The van der Waals surface area contributed by atoms with Crippen LogP contribution in [0.2, 0.25) is 10.0 Å². The summed E-state index contributed by atoms with van der Waals surface area (Å²) >= 11 is 13.1. The highest BCUT2D eigenvalue weighted by Crippen LogP contribution is 2.40. The van der Waals surface area contributed by atoms with Crippen LogP contribution in [0.25, 0.3) is 0 Å². The number of benzene rings is 3. The van der Waals surface area contributed by atoms with E-state index in [2.05, 4.69) is 33.7 Å². The summed E-state index contributed by atoms with van der Waals surface area (Å²) in [6.07, 6.45) is 6.38. The number of aromatic nitrogens is 2. The van der Waals surface area contributed by atoms with Gasteiger partial charge in [-0.3, -0.25) is 9.59 Å². The van der Waals surface area contributed by atoms with E-state index in [9.17, 15) is 9.59 Å². The normalized spacial score (nSPS) is 18.9. The number of aryl methyl sites for hydroxylation is 2. The van der Waals surface area contributed by atoms with Crippen molar-refractivity contribution < 1.29 is 50.1 Å². The minimum Gasteiger partial charge on any atom is -1.00 e. The number of ether oxygens (including phenoxy) is 4. The van der Waals surface area contributed by atoms with Gasteiger partial charge in [-0.15, -0.1) is 0 Å². The minimum absolute atomic E-state index is 0. The molecule has 0 bridgehead atoms. The standard InChI is InChI=1S/C41H49Cl2N4O6.BrH/c1-28-21-31(22-29(2)38(28)52-39(49)40(4,5)6)24-44-14-15-45(27-44)26-41(36-12-7-32(42)23-37(36)43)51-20-13-35(53-41)25-50-34-10-8-33(9-11-34)47-18-16-46(17-19-47)30(3)48;/h7-12,14-15,21-23,27,35H,13,16-20,24-26H2,1-6H3;1H/q+1;/p-1/t35-,41-;/m0./s1. The predicted molar refractivity (Wildman–Crippen MR) is 205 cm³/mol. The zero-order chi connectivity index (χ0) is 37.9. The van der Waals surface area contributed by atoms with Crippen LogP contribution >= 0.6 is 23.2 Å². The van der Waals surface area contributed by atoms with Crippen molar-refractivity contribution >= 4 is 40.8 Å². The first-order chi connectivity index (χ1) is 25.2. The number of carbonyl (C=O) groups is 2. The Balaban J connectivity index is 0.00000561. The summed E-state index contributed by atoms with van der Waals surface area (Å²) < 4.78 is 29.4. The fourth-order valence-corrected chi connectivity index (χ4v) is 7.33. The summed E-state index contributed by atoms with van der Waals surface area (Å²) in [6.45, 7) is 15.9. The van der Waals surface area contributed by atoms with Crippen LogP contribution in [0.5, 0.6) is 11.5 Å². The molecule has 290 valence electrons. The van der Waals surface area contributed by atoms with Crippen molar-refractivity contribution in [2.75, 3.05) is 44.3 Å². The second-order valence-corrected chi connectivity index (χ2v) is 15.9. The molecule has 0 radical (unpaired) electrons. The van der Waals surface area contributed by atoms with Gasteiger partial charge >= 0.3 is 5.97 Å². The number of imidazole rings is 1. The molecule has 2 aliphatic rings. The Bertz CT molecular complexity index is 1920. The molecule has 4 aromatic rings. The van der Waals surface area contributed by atoms with Crippen molar-refractivity contribution in [3.8, 4) is 11.5 Å². The molecule has 13 heteroatoms. The summed E-state index contributed by atoms with van der Waals surface area (Å²) in [5.74, 6) is 0.0294. The molecule has 2 atom stereocenters. The van der Waals surface area contributed by atoms with Gasteiger partial charge in [0, 0.05) is 55.8 Å². The van der Waals surface area contributed by atoms with Gasteiger partial charge in [0.1, 0.15) is 43.6 Å². The lowest BCUT2D eigenvalue weighted by molar-refractivity contribution is -0.688. The summed E-state index contributed by atoms with van der Waals surface area (Å²) in [7, 11) is 0. The SMILES string of the molecule is CC(=O)N1CCN(c2ccc(OC[C@@H]3CCO[C@](Cn4cc[n+](Cc5cc(C)c(OC(=O)C(C)(C)C)c(C)c5)c4)(c4ccc(Cl)cc4Cl)O3)cc2)CC1.[Br-]. The number of hydrogen-bond acceptors (Lipinski definition) is 7. The summed E-state index contributed by atoms with van der Waals surface area (Å²) in [6, 6.07) is 17.5. The zero-order valence-corrected chi connectivity index (χ0v) is 34.8. The molecular formula is C41H49BrCl2N4O6. The number of rotatable bonds is 10. The average molecular weight is 845 g/mol. The molecule has 0 N–H and O–H groups in total. The summed E-state index contributed by atoms with van der Waals surface area (Å²) in [5.41, 5.74) is 4.10. The number of anilines is 1. The van der Waals surface area contributed by atoms with E-state index < -0.39 is 11.2 Å². The first-order valence-corrected chi connectivity index (χ1v) is 18.8. The average Bonchev–Trinajstić information content (AvgIpc) is 3.54. The maximum atomic E-state index is 12.6. The Morgan fingerprint density at radius 2 is 1.67 bits per heavy atom. The van der Waals surface area contributed by atoms with Gasteiger partial charge in [-0.25, -0.2) is 9.13 Å². The van der Waals surface area contributed by atoms with Crippen LogP contribution in [0.3, 0.4) is 0 Å². The third-order valence-corrected chi connectivity index (χ3v) is 10.2. The van der Waals surface area contributed by atoms with E-state index in [4.69, 9.17) is 42.1 Å². The largest absolute Gasteiger partial charge is 1.00 e. The van der Waals surface area contributed by atoms with Gasteiger partial charge in [0.15, 0.2) is 0 Å². The van der Waals surface area contributed by atoms with Crippen molar-refractivity contribution in [1.82, 2.24) is 9.47 Å². The second kappa shape index (κ2) is 17.5. The van der Waals surface area contributed by atoms with Crippen molar-refractivity contribution in [1.29, 1.82) is 0 Å². The van der Waals surface area contributed by atoms with E-state index in [0.29, 0.717) is 54.1 Å². The van der Waals surface area contributed by atoms with Gasteiger partial charge in [0.2, 0.25) is 18.0 Å². The molecule has 0 aliphatic carbocycles. The van der Waals surface area contributed by atoms with Gasteiger partial charge in [0.25, 0.3) is 0 Å². The molecule has 3 heterocycles. The predicted octanol–water partition coefficient (Wildman–Crippen LogP) is 4.11. The Kier molecular flexibility index (Phi) is 13.4. The highest BCUT2D eigenvalue weighted by atomic mass is 79.9. The second-order valence-electron chi connectivity index (χ2n) is 15.0. The van der Waals surface area contributed by atoms with Crippen LogP contribution in [-0.2, 0) is 37.9 Å². The highest BCUT2D eigenvalue weighted by molar-refractivity contribution is 6.35. The molecule has 2 fully saturated rings. The number of halogens is 3. The molecule has 0 unspecified atom stereocenters. The molecule has 2 saturated heterocycles. The molecule has 3 aromatic carbocycles. The van der Waals surface area contributed by atoms with Crippen LogP contribution in [0, 0.1) is 19.3 Å². The minimum atomic E-state index is -1.19. The molecule has 0 spiro atoms. The number of nitrogens with zero attached hydrogens (tertiary/aromatic N) is 4. The first-order valence-electron chi connectivity index (χ1n) is 18.1. The lowest BCUT2D eigenvalue weighted by atomic mass is 9.97. The third-order valence-electron chi connectivity index (χ3n) is 9.67. The summed E-state index contributed by atoms with van der Waals surface area (Å²) in [5, 5.41) is 0.981. The summed E-state index contributed by atoms with van der Waals surface area (Å²) in [4.78, 5) is 28.4. The number of piperazine rings is 1. The maximum Gasteiger partial charge on any atom is 0.316 e. The van der Waals surface area contributed by atoms with Crippen molar-refractivity contribution in [2.45, 2.75) is 72.9 Å². The lowest BCUT2D eigenvalue weighted by Crippen LogP contribution is -3.00. The number of hydrogen-bond donors (Lipinski definition) is 0. The van der Waals surface area contributed by atoms with E-state index in [1.807, 2.05) is 81.0 Å². The Morgan fingerprint density at radius 1 is 0.981 bits per heavy atom. The van der Waals surface area contributed by atoms with E-state index in [1.165, 1.54) is 0 Å². The monoisotopic (exact) mass is 842 g/mol. The van der Waals surface area contributed by atoms with E-state index in [0.717, 1.165) is 54.3 Å². The number of esters is 1. The number of carbonyl (C=O) groups excluding carboxylic acids is 2. The zero-order valence-electron chi connectivity index (χ0n) is 31.7. The quantitative estimate of drug-likeness (QED) is 0.135. The van der Waals surface area contributed by atoms with Crippen molar-refractivity contribution in [3.63, 3.8) is 0 Å². The lowest BCUT2D eigenvalue weighted by Gasteiger charge is -2.40. The van der Waals surface area contributed by atoms with Gasteiger partial charge in [-0.05, 0) is 99.8 Å². The van der Waals surface area contributed by atoms with E-state index >= 15 is 0 Å². The molecule has 2 aliphatic heterocycles. The molecule has 54 heavy (non-hydrogen) atoms. The third kappa shape index (κ3) is 9.97. The Labute approximate surface area is 338 Å². The molecule has 0 saturated carbocycles. The van der Waals surface area contributed by atoms with Crippen LogP contribution in [0.4, 0.5) is 5.69 Å². The molecular weight excluding hydrogens is 795 g/mol. The van der Waals surface area contributed by atoms with Crippen LogP contribution in [0.1, 0.15) is 56.4 Å². The van der Waals surface area contributed by atoms with Gasteiger partial charge < -0.3 is 45.7 Å². The number of amides is 1. The molecule has 10 nitrogen and oxygen atoms in total. The highest BCUT2D eigenvalue weighted by Gasteiger charge is 2.44. The topological polar surface area (TPSA) is 86.4 Å². The van der Waals surface area contributed by atoms with Crippen LogP contribution in [0.15, 0.2) is 73.3 Å². The van der Waals surface area contributed by atoms with Gasteiger partial charge in [-0.1, -0.05) is 29.3 Å². The van der Waals surface area contributed by atoms with Crippen LogP contribution < -0.4 is 35.9 Å². The molecule has 6 rings (SSSR count). The van der Waals surface area contributed by atoms with Crippen LogP contribution in [-0.4, -0.2) is 66.8 Å².